The highest BCUT2D eigenvalue weighted by molar-refractivity contribution is 5.95. The molecule has 4 heteroatoms. The predicted octanol–water partition coefficient (Wildman–Crippen LogP) is 3.13. The third-order valence-corrected chi connectivity index (χ3v) is 3.27. The van der Waals surface area contributed by atoms with Crippen LogP contribution in [0.1, 0.15) is 30.3 Å². The SMILES string of the molecule is CCOC(=O)c1cc2cc(OCC3CC3)ccc2[nH]1. The Morgan fingerprint density at radius 2 is 2.21 bits per heavy atom. The zero-order valence-electron chi connectivity index (χ0n) is 10.9. The van der Waals surface area contributed by atoms with Crippen LogP contribution in [0.5, 0.6) is 5.75 Å². The summed E-state index contributed by atoms with van der Waals surface area (Å²) in [5.41, 5.74) is 1.40. The first-order valence-corrected chi connectivity index (χ1v) is 6.69. The number of carbonyl (C=O) groups excluding carboxylic acids is 1. The topological polar surface area (TPSA) is 51.3 Å². The number of H-pyrrole nitrogens is 1. The number of hydrogen-bond donors (Lipinski definition) is 1. The van der Waals surface area contributed by atoms with Crippen molar-refractivity contribution >= 4 is 16.9 Å². The van der Waals surface area contributed by atoms with Gasteiger partial charge in [0.1, 0.15) is 11.4 Å². The van der Waals surface area contributed by atoms with E-state index in [4.69, 9.17) is 9.47 Å². The van der Waals surface area contributed by atoms with Crippen LogP contribution in [0.3, 0.4) is 0 Å². The first-order chi connectivity index (χ1) is 9.26. The Balaban J connectivity index is 1.79. The van der Waals surface area contributed by atoms with Crippen LogP contribution >= 0.6 is 0 Å². The second kappa shape index (κ2) is 4.96. The summed E-state index contributed by atoms with van der Waals surface area (Å²) in [6, 6.07) is 7.62. The number of rotatable bonds is 5. The highest BCUT2D eigenvalue weighted by Gasteiger charge is 2.22. The first-order valence-electron chi connectivity index (χ1n) is 6.69. The summed E-state index contributed by atoms with van der Waals surface area (Å²) in [7, 11) is 0. The fourth-order valence-electron chi connectivity index (χ4n) is 2.02. The number of nitrogens with one attached hydrogen (secondary N) is 1. The van der Waals surface area contributed by atoms with E-state index in [2.05, 4.69) is 4.98 Å². The third kappa shape index (κ3) is 2.72. The van der Waals surface area contributed by atoms with Crippen molar-refractivity contribution in [3.8, 4) is 5.75 Å². The zero-order chi connectivity index (χ0) is 13.2. The molecular formula is C15H17NO3. The van der Waals surface area contributed by atoms with Gasteiger partial charge in [-0.05, 0) is 49.9 Å². The van der Waals surface area contributed by atoms with E-state index in [-0.39, 0.29) is 5.97 Å². The van der Waals surface area contributed by atoms with Crippen LogP contribution in [0.15, 0.2) is 24.3 Å². The van der Waals surface area contributed by atoms with Crippen molar-refractivity contribution in [3.05, 3.63) is 30.0 Å². The van der Waals surface area contributed by atoms with Gasteiger partial charge in [-0.3, -0.25) is 0 Å². The van der Waals surface area contributed by atoms with Crippen LogP contribution < -0.4 is 4.74 Å². The molecule has 1 fully saturated rings. The van der Waals surface area contributed by atoms with Crippen LogP contribution in [0.4, 0.5) is 0 Å². The molecule has 0 amide bonds. The number of benzene rings is 1. The van der Waals surface area contributed by atoms with Gasteiger partial charge in [-0.25, -0.2) is 4.79 Å². The van der Waals surface area contributed by atoms with E-state index >= 15 is 0 Å². The van der Waals surface area contributed by atoms with Gasteiger partial charge in [0.2, 0.25) is 0 Å². The normalized spacial score (nSPS) is 14.6. The van der Waals surface area contributed by atoms with E-state index in [1.807, 2.05) is 18.2 Å². The smallest absolute Gasteiger partial charge is 0.354 e. The number of aromatic nitrogens is 1. The molecule has 0 unspecified atom stereocenters. The zero-order valence-corrected chi connectivity index (χ0v) is 10.9. The lowest BCUT2D eigenvalue weighted by Crippen LogP contribution is -2.04. The number of fused-ring (bicyclic) bond motifs is 1. The third-order valence-electron chi connectivity index (χ3n) is 3.27. The molecule has 0 aliphatic heterocycles. The van der Waals surface area contributed by atoms with Gasteiger partial charge >= 0.3 is 5.97 Å². The summed E-state index contributed by atoms with van der Waals surface area (Å²) in [5, 5.41) is 0.969. The number of carbonyl (C=O) groups is 1. The molecule has 1 saturated carbocycles. The summed E-state index contributed by atoms with van der Waals surface area (Å²) in [6.07, 6.45) is 2.55. The van der Waals surface area contributed by atoms with Gasteiger partial charge < -0.3 is 14.5 Å². The number of esters is 1. The predicted molar refractivity (Wildman–Crippen MR) is 72.5 cm³/mol. The van der Waals surface area contributed by atoms with Crippen molar-refractivity contribution in [2.75, 3.05) is 13.2 Å². The molecule has 1 aromatic heterocycles. The lowest BCUT2D eigenvalue weighted by Gasteiger charge is -2.04. The molecule has 0 saturated heterocycles. The second-order valence-corrected chi connectivity index (χ2v) is 4.91. The van der Waals surface area contributed by atoms with Gasteiger partial charge in [-0.1, -0.05) is 0 Å². The molecule has 100 valence electrons. The lowest BCUT2D eigenvalue weighted by molar-refractivity contribution is 0.0520. The van der Waals surface area contributed by atoms with Crippen molar-refractivity contribution in [3.63, 3.8) is 0 Å². The molecule has 0 radical (unpaired) electrons. The summed E-state index contributed by atoms with van der Waals surface area (Å²) in [6.45, 7) is 2.97. The summed E-state index contributed by atoms with van der Waals surface area (Å²) >= 11 is 0. The van der Waals surface area contributed by atoms with Crippen molar-refractivity contribution in [1.82, 2.24) is 4.98 Å². The van der Waals surface area contributed by atoms with E-state index in [1.54, 1.807) is 13.0 Å². The van der Waals surface area contributed by atoms with Crippen LogP contribution in [-0.2, 0) is 4.74 Å². The van der Waals surface area contributed by atoms with Crippen molar-refractivity contribution < 1.29 is 14.3 Å². The van der Waals surface area contributed by atoms with E-state index in [9.17, 15) is 4.79 Å². The average molecular weight is 259 g/mol. The first kappa shape index (κ1) is 12.1. The molecular weight excluding hydrogens is 242 g/mol. The second-order valence-electron chi connectivity index (χ2n) is 4.91. The van der Waals surface area contributed by atoms with Crippen LogP contribution in [0.25, 0.3) is 10.9 Å². The van der Waals surface area contributed by atoms with Crippen molar-refractivity contribution in [2.24, 2.45) is 5.92 Å². The highest BCUT2D eigenvalue weighted by Crippen LogP contribution is 2.30. The maximum atomic E-state index is 11.6. The molecule has 1 aliphatic rings. The Hall–Kier alpha value is -1.97. The summed E-state index contributed by atoms with van der Waals surface area (Å²) < 4.78 is 10.7. The Morgan fingerprint density at radius 1 is 1.37 bits per heavy atom. The number of aromatic amines is 1. The summed E-state index contributed by atoms with van der Waals surface area (Å²) in [5.74, 6) is 1.27. The Labute approximate surface area is 111 Å². The average Bonchev–Trinajstić information content (AvgIpc) is 3.14. The maximum absolute atomic E-state index is 11.6. The fraction of sp³-hybridized carbons (Fsp3) is 0.400. The highest BCUT2D eigenvalue weighted by atomic mass is 16.5. The Morgan fingerprint density at radius 3 is 2.95 bits per heavy atom. The van der Waals surface area contributed by atoms with Gasteiger partial charge in [-0.2, -0.15) is 0 Å². The van der Waals surface area contributed by atoms with E-state index in [0.29, 0.717) is 12.3 Å². The number of hydrogen-bond acceptors (Lipinski definition) is 3. The molecule has 1 aromatic carbocycles. The van der Waals surface area contributed by atoms with Gasteiger partial charge in [0.25, 0.3) is 0 Å². The molecule has 1 heterocycles. The minimum atomic E-state index is -0.320. The lowest BCUT2D eigenvalue weighted by atomic mass is 10.2. The monoisotopic (exact) mass is 259 g/mol. The van der Waals surface area contributed by atoms with Gasteiger partial charge in [0, 0.05) is 10.9 Å². The van der Waals surface area contributed by atoms with Gasteiger partial charge in [0.15, 0.2) is 0 Å². The molecule has 1 N–H and O–H groups in total. The molecule has 1 aliphatic carbocycles. The van der Waals surface area contributed by atoms with Crippen molar-refractivity contribution in [2.45, 2.75) is 19.8 Å². The van der Waals surface area contributed by atoms with Gasteiger partial charge in [-0.15, -0.1) is 0 Å². The molecule has 19 heavy (non-hydrogen) atoms. The minimum absolute atomic E-state index is 0.320. The number of ether oxygens (including phenoxy) is 2. The Kier molecular flexibility index (Phi) is 3.15. The van der Waals surface area contributed by atoms with E-state index in [0.717, 1.165) is 29.2 Å². The fourth-order valence-corrected chi connectivity index (χ4v) is 2.02. The van der Waals surface area contributed by atoms with Crippen LogP contribution in [0, 0.1) is 5.92 Å². The quantitative estimate of drug-likeness (QED) is 0.839. The Bertz CT molecular complexity index is 598. The van der Waals surface area contributed by atoms with E-state index < -0.39 is 0 Å². The summed E-state index contributed by atoms with van der Waals surface area (Å²) in [4.78, 5) is 14.7. The molecule has 0 bridgehead atoms. The molecule has 0 spiro atoms. The molecule has 4 nitrogen and oxygen atoms in total. The van der Waals surface area contributed by atoms with Crippen LogP contribution in [-0.4, -0.2) is 24.2 Å². The van der Waals surface area contributed by atoms with Crippen LogP contribution in [0.2, 0.25) is 0 Å². The molecule has 0 atom stereocenters. The van der Waals surface area contributed by atoms with E-state index in [1.165, 1.54) is 12.8 Å². The van der Waals surface area contributed by atoms with Crippen molar-refractivity contribution in [1.29, 1.82) is 0 Å². The molecule has 3 rings (SSSR count). The standard InChI is InChI=1S/C15H17NO3/c1-2-18-15(17)14-8-11-7-12(5-6-13(11)16-14)19-9-10-3-4-10/h5-8,10,16H,2-4,9H2,1H3. The largest absolute Gasteiger partial charge is 0.493 e. The van der Waals surface area contributed by atoms with Gasteiger partial charge in [0.05, 0.1) is 13.2 Å². The minimum Gasteiger partial charge on any atom is -0.493 e. The maximum Gasteiger partial charge on any atom is 0.354 e. The molecule has 2 aromatic rings.